The zero-order valence-corrected chi connectivity index (χ0v) is 27.6. The van der Waals surface area contributed by atoms with E-state index in [1.165, 1.54) is 13.0 Å². The molecule has 0 saturated heterocycles. The molecule has 14 heteroatoms. The Bertz CT molecular complexity index is 2170. The number of anilines is 1. The number of hydrogen-bond acceptors (Lipinski definition) is 10. The number of fused-ring (bicyclic) bond motifs is 5. The first kappa shape index (κ1) is 32.9. The molecule has 1 aliphatic carbocycles. The average molecular weight is 684 g/mol. The van der Waals surface area contributed by atoms with Gasteiger partial charge in [0.25, 0.3) is 5.56 Å². The first-order chi connectivity index (χ1) is 24.0. The molecule has 3 aliphatic rings. The second-order valence-corrected chi connectivity index (χ2v) is 12.7. The lowest BCUT2D eigenvalue weighted by Crippen LogP contribution is -2.45. The van der Waals surface area contributed by atoms with Crippen LogP contribution in [0.5, 0.6) is 0 Å². The Hall–Kier alpha value is -5.63. The van der Waals surface area contributed by atoms with Gasteiger partial charge < -0.3 is 34.7 Å². The van der Waals surface area contributed by atoms with Crippen molar-refractivity contribution in [2.45, 2.75) is 64.5 Å². The number of carbonyl (C=O) groups excluding carboxylic acids is 4. The second-order valence-electron chi connectivity index (χ2n) is 12.7. The zero-order valence-electron chi connectivity index (χ0n) is 27.6. The van der Waals surface area contributed by atoms with E-state index < -0.39 is 29.2 Å². The number of hydrogen-bond donors (Lipinski definition) is 3. The Morgan fingerprint density at radius 1 is 1.16 bits per heavy atom. The molecule has 0 spiro atoms. The van der Waals surface area contributed by atoms with Crippen molar-refractivity contribution in [2.75, 3.05) is 18.9 Å². The summed E-state index contributed by atoms with van der Waals surface area (Å²) in [4.78, 5) is 67.4. The minimum Gasteiger partial charge on any atom is -0.457 e. The molecule has 4 aromatic rings. The van der Waals surface area contributed by atoms with Crippen molar-refractivity contribution in [2.24, 2.45) is 0 Å². The van der Waals surface area contributed by atoms with Crippen LogP contribution in [0.2, 0.25) is 0 Å². The van der Waals surface area contributed by atoms with Gasteiger partial charge in [0, 0.05) is 34.3 Å². The van der Waals surface area contributed by atoms with E-state index >= 15 is 4.39 Å². The summed E-state index contributed by atoms with van der Waals surface area (Å²) in [7, 11) is 1.88. The predicted molar refractivity (Wildman–Crippen MR) is 178 cm³/mol. The third-order valence-corrected chi connectivity index (χ3v) is 9.80. The molecule has 0 saturated carbocycles. The summed E-state index contributed by atoms with van der Waals surface area (Å²) in [5.74, 6) is -1.63. The third kappa shape index (κ3) is 5.45. The molecule has 2 aromatic carbocycles. The lowest BCUT2D eigenvalue weighted by atomic mass is 9.88. The van der Waals surface area contributed by atoms with Crippen LogP contribution in [0.4, 0.5) is 14.9 Å². The van der Waals surface area contributed by atoms with Crippen molar-refractivity contribution < 1.29 is 37.8 Å². The maximum absolute atomic E-state index is 15.2. The summed E-state index contributed by atoms with van der Waals surface area (Å²) in [6.07, 6.45) is 1.63. The Kier molecular flexibility index (Phi) is 8.34. The third-order valence-electron chi connectivity index (χ3n) is 9.80. The van der Waals surface area contributed by atoms with Gasteiger partial charge in [0.1, 0.15) is 19.0 Å². The normalized spacial score (nSPS) is 18.6. The van der Waals surface area contributed by atoms with Gasteiger partial charge in [-0.05, 0) is 80.6 Å². The Labute approximate surface area is 285 Å². The van der Waals surface area contributed by atoms with Crippen LogP contribution in [-0.2, 0) is 60.4 Å². The number of cyclic esters (lactones) is 1. The maximum atomic E-state index is 15.2. The van der Waals surface area contributed by atoms with Gasteiger partial charge in [-0.25, -0.2) is 19.0 Å². The van der Waals surface area contributed by atoms with Crippen LogP contribution in [0.25, 0.3) is 22.3 Å². The number of aryl methyl sites for hydroxylation is 1. The van der Waals surface area contributed by atoms with E-state index in [1.807, 2.05) is 7.05 Å². The number of halogens is 1. The molecule has 50 heavy (non-hydrogen) atoms. The number of rotatable bonds is 8. The topological polar surface area (TPSA) is 167 Å². The molecule has 0 unspecified atom stereocenters. The molecular weight excluding hydrogens is 649 g/mol. The quantitative estimate of drug-likeness (QED) is 0.162. The van der Waals surface area contributed by atoms with Crippen LogP contribution in [-0.4, -0.2) is 47.6 Å². The number of benzene rings is 2. The van der Waals surface area contributed by atoms with Gasteiger partial charge >= 0.3 is 12.1 Å². The van der Waals surface area contributed by atoms with E-state index in [0.717, 1.165) is 34.9 Å². The number of aromatic nitrogens is 2. The Balaban J connectivity index is 1.20. The maximum Gasteiger partial charge on any atom is 0.510 e. The molecule has 4 heterocycles. The van der Waals surface area contributed by atoms with Crippen molar-refractivity contribution in [3.8, 4) is 11.4 Å². The number of ether oxygens (including phenoxy) is 3. The van der Waals surface area contributed by atoms with Crippen molar-refractivity contribution >= 4 is 41.0 Å². The van der Waals surface area contributed by atoms with Gasteiger partial charge in [-0.3, -0.25) is 14.4 Å². The molecule has 258 valence electrons. The van der Waals surface area contributed by atoms with Crippen molar-refractivity contribution in [1.29, 1.82) is 0 Å². The number of pyridine rings is 2. The fourth-order valence-electron chi connectivity index (χ4n) is 7.24. The smallest absolute Gasteiger partial charge is 0.457 e. The fraction of sp³-hybridized carbons (Fsp3) is 0.333. The molecule has 0 radical (unpaired) electrons. The summed E-state index contributed by atoms with van der Waals surface area (Å²) in [5.41, 5.74) is 3.72. The molecule has 2 amide bonds. The van der Waals surface area contributed by atoms with Gasteiger partial charge in [-0.2, -0.15) is 0 Å². The highest BCUT2D eigenvalue weighted by atomic mass is 19.1. The van der Waals surface area contributed by atoms with Crippen LogP contribution >= 0.6 is 0 Å². The van der Waals surface area contributed by atoms with Crippen molar-refractivity contribution in [3.63, 3.8) is 0 Å². The van der Waals surface area contributed by atoms with Gasteiger partial charge in [0.05, 0.1) is 35.6 Å². The summed E-state index contributed by atoms with van der Waals surface area (Å²) >= 11 is 0. The standard InChI is InChI=1S/C36H34FN5O8/c1-18-21-5-4-6-26(38-3)31-22-14-42-28(32(22)41-27(30(21)31)12-25(18)37)11-24-23(33(42)45)16-48-34(46)36(24,2)50-35(47)49-15-19-7-9-20(10-8-19)40-29(44)13-39-17-43/h7-12,17,26,38H,4-6,13-16H2,1-3H3,(H,39,43)(H,40,44)/t26-,36-/m0/s1. The second kappa shape index (κ2) is 12.7. The van der Waals surface area contributed by atoms with E-state index in [4.69, 9.17) is 19.2 Å². The van der Waals surface area contributed by atoms with E-state index in [9.17, 15) is 24.0 Å². The van der Waals surface area contributed by atoms with Crippen molar-refractivity contribution in [3.05, 3.63) is 91.5 Å². The number of carbonyl (C=O) groups is 4. The first-order valence-electron chi connectivity index (χ1n) is 16.2. The lowest BCUT2D eigenvalue weighted by molar-refractivity contribution is -0.172. The summed E-state index contributed by atoms with van der Waals surface area (Å²) in [6.45, 7) is 2.66. The zero-order chi connectivity index (χ0) is 35.3. The summed E-state index contributed by atoms with van der Waals surface area (Å²) in [5, 5.41) is 9.20. The molecule has 7 rings (SSSR count). The highest BCUT2D eigenvalue weighted by Gasteiger charge is 2.48. The summed E-state index contributed by atoms with van der Waals surface area (Å²) in [6, 6.07) is 9.44. The first-order valence-corrected chi connectivity index (χ1v) is 16.2. The number of nitrogens with one attached hydrogen (secondary N) is 3. The largest absolute Gasteiger partial charge is 0.510 e. The molecule has 0 fully saturated rings. The van der Waals surface area contributed by atoms with Gasteiger partial charge in [-0.1, -0.05) is 12.1 Å². The number of amides is 2. The molecule has 13 nitrogen and oxygen atoms in total. The van der Waals surface area contributed by atoms with Crippen LogP contribution in [0.15, 0.2) is 41.2 Å². The molecule has 2 aromatic heterocycles. The lowest BCUT2D eigenvalue weighted by Gasteiger charge is -2.32. The van der Waals surface area contributed by atoms with Gasteiger partial charge in [0.15, 0.2) is 0 Å². The number of esters is 1. The Morgan fingerprint density at radius 2 is 1.94 bits per heavy atom. The fourth-order valence-corrected chi connectivity index (χ4v) is 7.24. The SMILES string of the molecule is CN[C@H]1CCCc2c(C)c(F)cc3nc4c(c1c23)Cn1c-4cc2c(c1=O)COC(=O)[C@@]2(C)OC(=O)OCc1ccc(NC(=O)CNC=O)cc1. The molecular formula is C36H34FN5O8. The van der Waals surface area contributed by atoms with E-state index in [2.05, 4.69) is 16.0 Å². The van der Waals surface area contributed by atoms with Gasteiger partial charge in [0.2, 0.25) is 17.9 Å². The van der Waals surface area contributed by atoms with Crippen LogP contribution in [0, 0.1) is 12.7 Å². The number of nitrogens with zero attached hydrogens (tertiary/aromatic N) is 2. The minimum absolute atomic E-state index is 0.0473. The molecule has 2 aliphatic heterocycles. The van der Waals surface area contributed by atoms with E-state index in [1.54, 1.807) is 41.8 Å². The average Bonchev–Trinajstić information content (AvgIpc) is 3.34. The van der Waals surface area contributed by atoms with E-state index in [-0.39, 0.29) is 49.3 Å². The highest BCUT2D eigenvalue weighted by Crippen LogP contribution is 2.45. The molecule has 2 atom stereocenters. The highest BCUT2D eigenvalue weighted by molar-refractivity contribution is 5.94. The van der Waals surface area contributed by atoms with Crippen molar-refractivity contribution in [1.82, 2.24) is 20.2 Å². The van der Waals surface area contributed by atoms with Crippen LogP contribution in [0.3, 0.4) is 0 Å². The monoisotopic (exact) mass is 683 g/mol. The molecule has 0 bridgehead atoms. The van der Waals surface area contributed by atoms with E-state index in [0.29, 0.717) is 46.5 Å². The minimum atomic E-state index is -2.02. The van der Waals surface area contributed by atoms with Gasteiger partial charge in [-0.15, -0.1) is 0 Å². The van der Waals surface area contributed by atoms with Crippen LogP contribution in [0.1, 0.15) is 64.8 Å². The van der Waals surface area contributed by atoms with Crippen LogP contribution < -0.4 is 21.5 Å². The predicted octanol–water partition coefficient (Wildman–Crippen LogP) is 3.78. The molecule has 3 N–H and O–H groups in total. The Morgan fingerprint density at radius 3 is 2.68 bits per heavy atom. The summed E-state index contributed by atoms with van der Waals surface area (Å²) < 4.78 is 33.1.